The summed E-state index contributed by atoms with van der Waals surface area (Å²) < 4.78 is 39.1. The topological polar surface area (TPSA) is 136 Å². The SMILES string of the molecule is COC(O)C(N)c1ccc(OC(=O)CCS(=O)(=O)O)cc1. The molecule has 4 N–H and O–H groups in total. The molecule has 0 saturated heterocycles. The predicted molar refractivity (Wildman–Crippen MR) is 73.1 cm³/mol. The van der Waals surface area contributed by atoms with Crippen LogP contribution in [0.2, 0.25) is 0 Å². The van der Waals surface area contributed by atoms with E-state index in [9.17, 15) is 18.3 Å². The zero-order chi connectivity index (χ0) is 16.0. The highest BCUT2D eigenvalue weighted by Crippen LogP contribution is 2.19. The first-order chi connectivity index (χ1) is 9.73. The molecule has 118 valence electrons. The van der Waals surface area contributed by atoms with Gasteiger partial charge in [0.05, 0.1) is 18.2 Å². The maximum atomic E-state index is 11.4. The van der Waals surface area contributed by atoms with Gasteiger partial charge in [-0.2, -0.15) is 8.42 Å². The van der Waals surface area contributed by atoms with E-state index in [2.05, 4.69) is 4.74 Å². The lowest BCUT2D eigenvalue weighted by atomic mass is 10.1. The second-order valence-electron chi connectivity index (χ2n) is 4.23. The Bertz CT molecular complexity index is 570. The number of nitrogens with two attached hydrogens (primary N) is 1. The lowest BCUT2D eigenvalue weighted by Crippen LogP contribution is -2.27. The Labute approximate surface area is 122 Å². The van der Waals surface area contributed by atoms with Crippen molar-refractivity contribution >= 4 is 16.1 Å². The van der Waals surface area contributed by atoms with Gasteiger partial charge in [0.25, 0.3) is 10.1 Å². The van der Waals surface area contributed by atoms with Gasteiger partial charge in [0.15, 0.2) is 6.29 Å². The van der Waals surface area contributed by atoms with Crippen molar-refractivity contribution in [2.75, 3.05) is 12.9 Å². The zero-order valence-electron chi connectivity index (χ0n) is 11.3. The molecule has 0 aliphatic rings. The number of methoxy groups -OCH3 is 1. The van der Waals surface area contributed by atoms with E-state index in [0.29, 0.717) is 5.56 Å². The van der Waals surface area contributed by atoms with E-state index in [-0.39, 0.29) is 5.75 Å². The van der Waals surface area contributed by atoms with E-state index in [1.165, 1.54) is 31.4 Å². The van der Waals surface area contributed by atoms with Gasteiger partial charge in [-0.15, -0.1) is 0 Å². The second kappa shape index (κ2) is 7.48. The molecule has 0 radical (unpaired) electrons. The molecule has 9 heteroatoms. The van der Waals surface area contributed by atoms with Crippen LogP contribution in [-0.2, 0) is 19.6 Å². The third-order valence-electron chi connectivity index (χ3n) is 2.61. The average Bonchev–Trinajstić information content (AvgIpc) is 2.43. The number of esters is 1. The van der Waals surface area contributed by atoms with Gasteiger partial charge < -0.3 is 20.3 Å². The molecule has 0 aliphatic heterocycles. The van der Waals surface area contributed by atoms with Crippen LogP contribution in [0.25, 0.3) is 0 Å². The zero-order valence-corrected chi connectivity index (χ0v) is 12.1. The molecule has 1 rings (SSSR count). The average molecular weight is 319 g/mol. The third kappa shape index (κ3) is 6.19. The van der Waals surface area contributed by atoms with Gasteiger partial charge in [-0.05, 0) is 17.7 Å². The fourth-order valence-corrected chi connectivity index (χ4v) is 1.89. The van der Waals surface area contributed by atoms with Crippen LogP contribution in [0.1, 0.15) is 18.0 Å². The standard InChI is InChI=1S/C12H17NO7S/c1-19-12(15)11(13)8-2-4-9(5-3-8)20-10(14)6-7-21(16,17)18/h2-5,11-12,15H,6-7,13H2,1H3,(H,16,17,18). The number of carbonyl (C=O) groups is 1. The summed E-state index contributed by atoms with van der Waals surface area (Å²) >= 11 is 0. The van der Waals surface area contributed by atoms with Crippen molar-refractivity contribution in [3.05, 3.63) is 29.8 Å². The number of aliphatic hydroxyl groups is 1. The number of aliphatic hydroxyl groups excluding tert-OH is 1. The Morgan fingerprint density at radius 3 is 2.38 bits per heavy atom. The van der Waals surface area contributed by atoms with Crippen LogP contribution in [0, 0.1) is 0 Å². The van der Waals surface area contributed by atoms with Crippen molar-refractivity contribution in [1.82, 2.24) is 0 Å². The molecule has 2 atom stereocenters. The lowest BCUT2D eigenvalue weighted by Gasteiger charge is -2.17. The molecule has 0 aliphatic carbocycles. The van der Waals surface area contributed by atoms with Gasteiger partial charge >= 0.3 is 5.97 Å². The monoisotopic (exact) mass is 319 g/mol. The molecular formula is C12H17NO7S. The van der Waals surface area contributed by atoms with E-state index in [1.807, 2.05) is 0 Å². The van der Waals surface area contributed by atoms with Crippen LogP contribution in [0.15, 0.2) is 24.3 Å². The Morgan fingerprint density at radius 2 is 1.90 bits per heavy atom. The minimum absolute atomic E-state index is 0.193. The summed E-state index contributed by atoms with van der Waals surface area (Å²) in [5, 5.41) is 9.43. The Morgan fingerprint density at radius 1 is 1.33 bits per heavy atom. The first-order valence-corrected chi connectivity index (χ1v) is 7.56. The number of hydrogen-bond acceptors (Lipinski definition) is 7. The van der Waals surface area contributed by atoms with Crippen molar-refractivity contribution in [1.29, 1.82) is 0 Å². The summed E-state index contributed by atoms with van der Waals surface area (Å²) in [5.41, 5.74) is 6.29. The highest BCUT2D eigenvalue weighted by atomic mass is 32.2. The first-order valence-electron chi connectivity index (χ1n) is 5.95. The maximum absolute atomic E-state index is 11.4. The molecule has 1 aromatic rings. The quantitative estimate of drug-likeness (QED) is 0.273. The number of carbonyl (C=O) groups excluding carboxylic acids is 1. The van der Waals surface area contributed by atoms with E-state index in [4.69, 9.17) is 15.0 Å². The largest absolute Gasteiger partial charge is 0.427 e. The van der Waals surface area contributed by atoms with E-state index in [0.717, 1.165) is 0 Å². The van der Waals surface area contributed by atoms with E-state index >= 15 is 0 Å². The number of ether oxygens (including phenoxy) is 2. The maximum Gasteiger partial charge on any atom is 0.312 e. The lowest BCUT2D eigenvalue weighted by molar-refractivity contribution is -0.133. The molecule has 0 bridgehead atoms. The van der Waals surface area contributed by atoms with Crippen molar-refractivity contribution in [2.24, 2.45) is 5.73 Å². The molecule has 0 spiro atoms. The van der Waals surface area contributed by atoms with Crippen LogP contribution in [0.4, 0.5) is 0 Å². The van der Waals surface area contributed by atoms with Gasteiger partial charge in [-0.1, -0.05) is 12.1 Å². The first kappa shape index (κ1) is 17.5. The molecule has 2 unspecified atom stereocenters. The molecule has 0 amide bonds. The van der Waals surface area contributed by atoms with Crippen molar-refractivity contribution in [3.8, 4) is 5.75 Å². The fraction of sp³-hybridized carbons (Fsp3) is 0.417. The van der Waals surface area contributed by atoms with Crippen molar-refractivity contribution < 1.29 is 32.3 Å². The van der Waals surface area contributed by atoms with Gasteiger partial charge in [-0.3, -0.25) is 9.35 Å². The second-order valence-corrected chi connectivity index (χ2v) is 5.80. The Kier molecular flexibility index (Phi) is 6.24. The fourth-order valence-electron chi connectivity index (χ4n) is 1.46. The molecule has 0 saturated carbocycles. The Hall–Kier alpha value is -1.52. The number of rotatable bonds is 7. The van der Waals surface area contributed by atoms with Crippen LogP contribution >= 0.6 is 0 Å². The molecule has 1 aromatic carbocycles. The van der Waals surface area contributed by atoms with Gasteiger partial charge in [0, 0.05) is 7.11 Å². The summed E-state index contributed by atoms with van der Waals surface area (Å²) in [7, 11) is -2.89. The van der Waals surface area contributed by atoms with Gasteiger partial charge in [0.1, 0.15) is 5.75 Å². The molecule has 8 nitrogen and oxygen atoms in total. The molecule has 0 fully saturated rings. The van der Waals surface area contributed by atoms with Crippen LogP contribution in [0.3, 0.4) is 0 Å². The smallest absolute Gasteiger partial charge is 0.312 e. The predicted octanol–water partition coefficient (Wildman–Crippen LogP) is -0.165. The molecular weight excluding hydrogens is 302 g/mol. The number of hydrogen-bond donors (Lipinski definition) is 3. The minimum atomic E-state index is -4.20. The minimum Gasteiger partial charge on any atom is -0.427 e. The van der Waals surface area contributed by atoms with Crippen molar-refractivity contribution in [3.63, 3.8) is 0 Å². The normalized spacial score (nSPS) is 14.5. The molecule has 0 heterocycles. The van der Waals surface area contributed by atoms with E-state index in [1.54, 1.807) is 0 Å². The Balaban J connectivity index is 2.60. The highest BCUT2D eigenvalue weighted by molar-refractivity contribution is 7.85. The summed E-state index contributed by atoms with van der Waals surface area (Å²) in [6.45, 7) is 0. The van der Waals surface area contributed by atoms with Gasteiger partial charge in [-0.25, -0.2) is 0 Å². The van der Waals surface area contributed by atoms with Gasteiger partial charge in [0.2, 0.25) is 0 Å². The highest BCUT2D eigenvalue weighted by Gasteiger charge is 2.16. The summed E-state index contributed by atoms with van der Waals surface area (Å²) in [5.74, 6) is -1.30. The van der Waals surface area contributed by atoms with Crippen LogP contribution < -0.4 is 10.5 Å². The van der Waals surface area contributed by atoms with Crippen molar-refractivity contribution in [2.45, 2.75) is 18.8 Å². The summed E-state index contributed by atoms with van der Waals surface area (Å²) in [6, 6.07) is 5.22. The molecule has 21 heavy (non-hydrogen) atoms. The molecule has 0 aromatic heterocycles. The van der Waals surface area contributed by atoms with Crippen LogP contribution in [0.5, 0.6) is 5.75 Å². The van der Waals surface area contributed by atoms with E-state index < -0.39 is 40.6 Å². The summed E-state index contributed by atoms with van der Waals surface area (Å²) in [4.78, 5) is 11.4. The summed E-state index contributed by atoms with van der Waals surface area (Å²) in [6.07, 6.45) is -1.61. The third-order valence-corrected chi connectivity index (χ3v) is 3.33. The number of benzene rings is 1. The van der Waals surface area contributed by atoms with Crippen LogP contribution in [-0.4, -0.2) is 43.2 Å².